The van der Waals surface area contributed by atoms with Crippen LogP contribution in [0.15, 0.2) is 36.5 Å². The van der Waals surface area contributed by atoms with Crippen LogP contribution in [0.3, 0.4) is 0 Å². The van der Waals surface area contributed by atoms with Gasteiger partial charge in [-0.2, -0.15) is 18.0 Å². The Hall–Kier alpha value is -4.23. The van der Waals surface area contributed by atoms with Gasteiger partial charge in [0, 0.05) is 17.3 Å². The van der Waals surface area contributed by atoms with Crippen LogP contribution in [0.2, 0.25) is 0 Å². The average molecular weight is 592 g/mol. The first-order valence-corrected chi connectivity index (χ1v) is 12.5. The monoisotopic (exact) mass is 591 g/mol. The molecule has 4 rings (SSSR count). The summed E-state index contributed by atoms with van der Waals surface area (Å²) in [5, 5.41) is 11.7. The second kappa shape index (κ2) is 11.9. The number of cyclic esters (lactones) is 1. The minimum atomic E-state index is -6.09. The molecule has 1 aliphatic rings. The third-order valence-electron chi connectivity index (χ3n) is 5.05. The van der Waals surface area contributed by atoms with Crippen molar-refractivity contribution >= 4 is 27.9 Å². The van der Waals surface area contributed by atoms with Gasteiger partial charge in [-0.1, -0.05) is 6.07 Å². The SMILES string of the molecule is C[C@@H]([NH3+])C(=O)OC[C@H]1CN(c2ccc(-c3ccc(-c4nnn(C)n4)nc3)c(F)c2)C(=O)O1.O=S(=O)([O-])C(F)(F)F. The maximum absolute atomic E-state index is 14.9. The van der Waals surface area contributed by atoms with E-state index >= 15 is 0 Å². The van der Waals surface area contributed by atoms with E-state index in [2.05, 4.69) is 26.1 Å². The molecule has 0 bridgehead atoms. The summed E-state index contributed by atoms with van der Waals surface area (Å²) in [5.74, 6) is -0.639. The number of carbonyl (C=O) groups is 2. The molecule has 19 heteroatoms. The fourth-order valence-corrected chi connectivity index (χ4v) is 3.11. The lowest BCUT2D eigenvalue weighted by Gasteiger charge is -2.14. The predicted octanol–water partition coefficient (Wildman–Crippen LogP) is 0.628. The molecule has 2 aromatic heterocycles. The highest BCUT2D eigenvalue weighted by Gasteiger charge is 2.37. The highest BCUT2D eigenvalue weighted by atomic mass is 32.2. The number of quaternary nitrogens is 1. The lowest BCUT2D eigenvalue weighted by Crippen LogP contribution is -2.63. The average Bonchev–Trinajstić information content (AvgIpc) is 3.47. The summed E-state index contributed by atoms with van der Waals surface area (Å²) in [4.78, 5) is 30.6. The molecular formula is C21H21F4N7O7S. The molecule has 1 fully saturated rings. The number of aryl methyl sites for hydroxylation is 1. The van der Waals surface area contributed by atoms with E-state index in [1.807, 2.05) is 0 Å². The lowest BCUT2D eigenvalue weighted by molar-refractivity contribution is -0.403. The summed E-state index contributed by atoms with van der Waals surface area (Å²) < 4.78 is 84.0. The Morgan fingerprint density at radius 3 is 2.48 bits per heavy atom. The first-order valence-electron chi connectivity index (χ1n) is 11.1. The standard InChI is InChI=1S/C20H20FN7O4.CHF3O3S/c1-11(22)19(29)31-10-14-9-28(20(30)32-14)13-4-5-15(16(21)7-13)12-3-6-17(23-8-12)18-24-26-27(2)25-18;2-1(3,4)8(5,6)7/h3-8,11,14H,9-10,22H2,1-2H3;(H,5,6,7)/t11-,14-;/m1./s1. The Balaban J connectivity index is 0.000000482. The third-order valence-corrected chi connectivity index (χ3v) is 5.61. The van der Waals surface area contributed by atoms with Crippen LogP contribution in [0, 0.1) is 5.82 Å². The molecule has 14 nitrogen and oxygen atoms in total. The molecule has 1 aromatic carbocycles. The predicted molar refractivity (Wildman–Crippen MR) is 124 cm³/mol. The van der Waals surface area contributed by atoms with Crippen LogP contribution in [-0.2, 0) is 31.4 Å². The fraction of sp³-hybridized carbons (Fsp3) is 0.333. The van der Waals surface area contributed by atoms with Crippen molar-refractivity contribution in [3.05, 3.63) is 42.3 Å². The molecule has 0 saturated carbocycles. The minimum Gasteiger partial charge on any atom is -0.741 e. The zero-order valence-corrected chi connectivity index (χ0v) is 21.5. The van der Waals surface area contributed by atoms with Gasteiger partial charge < -0.3 is 19.8 Å². The van der Waals surface area contributed by atoms with Gasteiger partial charge in [0.2, 0.25) is 5.82 Å². The molecule has 0 unspecified atom stereocenters. The molecule has 0 aliphatic carbocycles. The quantitative estimate of drug-likeness (QED) is 0.183. The van der Waals surface area contributed by atoms with Gasteiger partial charge in [0.1, 0.15) is 18.1 Å². The number of ether oxygens (including phenoxy) is 2. The van der Waals surface area contributed by atoms with Gasteiger partial charge in [-0.25, -0.2) is 22.4 Å². The number of hydrogen-bond acceptors (Lipinski definition) is 11. The molecule has 1 saturated heterocycles. The van der Waals surface area contributed by atoms with Gasteiger partial charge in [-0.05, 0) is 36.4 Å². The first kappa shape index (κ1) is 30.3. The molecule has 216 valence electrons. The van der Waals surface area contributed by atoms with Gasteiger partial charge in [-0.15, -0.1) is 10.2 Å². The summed E-state index contributed by atoms with van der Waals surface area (Å²) in [5.41, 5.74) is -0.345. The van der Waals surface area contributed by atoms with E-state index in [0.717, 1.165) is 0 Å². The summed E-state index contributed by atoms with van der Waals surface area (Å²) in [7, 11) is -4.44. The Morgan fingerprint density at radius 1 is 1.30 bits per heavy atom. The molecule has 0 radical (unpaired) electrons. The van der Waals surface area contributed by atoms with Crippen molar-refractivity contribution in [2.24, 2.45) is 7.05 Å². The summed E-state index contributed by atoms with van der Waals surface area (Å²) in [6.07, 6.45) is 0.240. The Kier molecular flexibility index (Phi) is 9.00. The number of halogens is 4. The van der Waals surface area contributed by atoms with Crippen LogP contribution >= 0.6 is 0 Å². The summed E-state index contributed by atoms with van der Waals surface area (Å²) in [6, 6.07) is 7.29. The molecule has 3 N–H and O–H groups in total. The highest BCUT2D eigenvalue weighted by molar-refractivity contribution is 7.86. The van der Waals surface area contributed by atoms with E-state index in [1.165, 1.54) is 22.0 Å². The second-order valence-corrected chi connectivity index (χ2v) is 9.62. The molecule has 3 aromatic rings. The number of benzene rings is 1. The summed E-state index contributed by atoms with van der Waals surface area (Å²) >= 11 is 0. The van der Waals surface area contributed by atoms with Crippen LogP contribution < -0.4 is 10.6 Å². The molecule has 1 amide bonds. The number of esters is 1. The number of carbonyl (C=O) groups excluding carboxylic acids is 2. The van der Waals surface area contributed by atoms with Crippen LogP contribution in [0.25, 0.3) is 22.6 Å². The van der Waals surface area contributed by atoms with Gasteiger partial charge >= 0.3 is 17.6 Å². The van der Waals surface area contributed by atoms with Gasteiger partial charge in [0.15, 0.2) is 22.3 Å². The first-order chi connectivity index (χ1) is 18.6. The molecular weight excluding hydrogens is 570 g/mol. The van der Waals surface area contributed by atoms with Crippen LogP contribution in [-0.4, -0.2) is 81.0 Å². The van der Waals surface area contributed by atoms with Crippen molar-refractivity contribution in [3.8, 4) is 22.6 Å². The fourth-order valence-electron chi connectivity index (χ4n) is 3.11. The van der Waals surface area contributed by atoms with Crippen molar-refractivity contribution < 1.29 is 55.3 Å². The number of pyridine rings is 1. The third kappa shape index (κ3) is 7.45. The molecule has 1 aliphatic heterocycles. The molecule has 0 spiro atoms. The van der Waals surface area contributed by atoms with Crippen LogP contribution in [0.1, 0.15) is 6.92 Å². The Bertz CT molecular complexity index is 1480. The van der Waals surface area contributed by atoms with E-state index < -0.39 is 45.7 Å². The maximum Gasteiger partial charge on any atom is 0.485 e. The van der Waals surface area contributed by atoms with Crippen LogP contribution in [0.5, 0.6) is 0 Å². The van der Waals surface area contributed by atoms with E-state index in [4.69, 9.17) is 22.4 Å². The number of aromatic nitrogens is 5. The van der Waals surface area contributed by atoms with E-state index in [1.54, 1.807) is 38.2 Å². The minimum absolute atomic E-state index is 0.0832. The van der Waals surface area contributed by atoms with Crippen LogP contribution in [0.4, 0.5) is 28.0 Å². The number of tetrazole rings is 1. The number of amides is 1. The topological polar surface area (TPSA) is 197 Å². The largest absolute Gasteiger partial charge is 0.741 e. The van der Waals surface area contributed by atoms with E-state index in [-0.39, 0.29) is 13.2 Å². The second-order valence-electron chi connectivity index (χ2n) is 8.25. The Labute approximate surface area is 223 Å². The maximum atomic E-state index is 14.9. The van der Waals surface area contributed by atoms with Crippen molar-refractivity contribution in [3.63, 3.8) is 0 Å². The number of hydrogen-bond donors (Lipinski definition) is 1. The van der Waals surface area contributed by atoms with Gasteiger partial charge in [0.05, 0.1) is 19.3 Å². The molecule has 3 heterocycles. The number of nitrogens with zero attached hydrogens (tertiary/aromatic N) is 6. The number of anilines is 1. The Morgan fingerprint density at radius 2 is 1.98 bits per heavy atom. The zero-order valence-electron chi connectivity index (χ0n) is 20.7. The van der Waals surface area contributed by atoms with Crippen molar-refractivity contribution in [1.82, 2.24) is 25.2 Å². The van der Waals surface area contributed by atoms with Gasteiger partial charge in [0.25, 0.3) is 0 Å². The highest BCUT2D eigenvalue weighted by Crippen LogP contribution is 2.29. The smallest absolute Gasteiger partial charge is 0.485 e. The van der Waals surface area contributed by atoms with E-state index in [9.17, 15) is 27.2 Å². The molecule has 2 atom stereocenters. The van der Waals surface area contributed by atoms with Crippen molar-refractivity contribution in [1.29, 1.82) is 0 Å². The number of alkyl halides is 3. The van der Waals surface area contributed by atoms with Crippen molar-refractivity contribution in [2.75, 3.05) is 18.1 Å². The summed E-state index contributed by atoms with van der Waals surface area (Å²) in [6.45, 7) is 1.66. The zero-order chi connectivity index (χ0) is 29.8. The van der Waals surface area contributed by atoms with Gasteiger partial charge in [-0.3, -0.25) is 9.88 Å². The van der Waals surface area contributed by atoms with Crippen molar-refractivity contribution in [2.45, 2.75) is 24.6 Å². The normalized spacial score (nSPS) is 16.1. The van der Waals surface area contributed by atoms with E-state index in [0.29, 0.717) is 28.3 Å². The lowest BCUT2D eigenvalue weighted by atomic mass is 10.1. The number of rotatable bonds is 6. The molecule has 40 heavy (non-hydrogen) atoms.